The predicted octanol–water partition coefficient (Wildman–Crippen LogP) is 2.63. The molecule has 1 aromatic carbocycles. The Morgan fingerprint density at radius 2 is 2.14 bits per heavy atom. The van der Waals surface area contributed by atoms with Crippen LogP contribution in [0.25, 0.3) is 0 Å². The molecule has 1 aromatic heterocycles. The average molecular weight is 385 g/mol. The van der Waals surface area contributed by atoms with Crippen LogP contribution in [0.5, 0.6) is 0 Å². The topological polar surface area (TPSA) is 54.7 Å². The lowest BCUT2D eigenvalue weighted by Gasteiger charge is -2.35. The maximum atomic E-state index is 13.3. The summed E-state index contributed by atoms with van der Waals surface area (Å²) in [6.45, 7) is 5.84. The molecule has 1 aliphatic carbocycles. The zero-order valence-electron chi connectivity index (χ0n) is 16.6. The second-order valence-electron chi connectivity index (χ2n) is 7.71. The molecule has 0 spiro atoms. The minimum absolute atomic E-state index is 0.00158. The lowest BCUT2D eigenvalue weighted by Crippen LogP contribution is -2.48. The first-order valence-electron chi connectivity index (χ1n) is 9.99. The molecule has 2 aromatic rings. The van der Waals surface area contributed by atoms with Crippen molar-refractivity contribution in [3.05, 3.63) is 53.6 Å². The summed E-state index contributed by atoms with van der Waals surface area (Å²) in [5, 5.41) is 7.69. The third kappa shape index (κ3) is 4.04. The Morgan fingerprint density at radius 1 is 1.36 bits per heavy atom. The van der Waals surface area contributed by atoms with Crippen LogP contribution in [0.1, 0.15) is 37.0 Å². The fourth-order valence-electron chi connectivity index (χ4n) is 3.79. The van der Waals surface area contributed by atoms with Gasteiger partial charge in [0.1, 0.15) is 11.9 Å². The number of hydrogen-bond acceptors (Lipinski definition) is 3. The van der Waals surface area contributed by atoms with Crippen molar-refractivity contribution in [2.24, 2.45) is 12.0 Å². The van der Waals surface area contributed by atoms with Crippen LogP contribution in [0.15, 0.2) is 41.7 Å². The van der Waals surface area contributed by atoms with Gasteiger partial charge in [-0.05, 0) is 37.5 Å². The quantitative estimate of drug-likeness (QED) is 0.635. The van der Waals surface area contributed by atoms with E-state index in [2.05, 4.69) is 22.2 Å². The fourth-order valence-corrected chi connectivity index (χ4v) is 3.79. The highest BCUT2D eigenvalue weighted by Crippen LogP contribution is 2.48. The smallest absolute Gasteiger partial charge is 0.194 e. The minimum atomic E-state index is -0.189. The van der Waals surface area contributed by atoms with Gasteiger partial charge in [0.15, 0.2) is 5.96 Å². The maximum Gasteiger partial charge on any atom is 0.194 e. The van der Waals surface area contributed by atoms with E-state index in [1.807, 2.05) is 31.6 Å². The molecule has 1 unspecified atom stereocenters. The molecular weight excluding hydrogens is 357 g/mol. The van der Waals surface area contributed by atoms with Crippen LogP contribution in [0.3, 0.4) is 0 Å². The van der Waals surface area contributed by atoms with E-state index >= 15 is 0 Å². The van der Waals surface area contributed by atoms with Crippen molar-refractivity contribution < 1.29 is 9.13 Å². The summed E-state index contributed by atoms with van der Waals surface area (Å²) >= 11 is 0. The third-order valence-corrected chi connectivity index (χ3v) is 5.64. The van der Waals surface area contributed by atoms with E-state index in [-0.39, 0.29) is 17.3 Å². The third-order valence-electron chi connectivity index (χ3n) is 5.64. The molecule has 0 bridgehead atoms. The monoisotopic (exact) mass is 385 g/mol. The van der Waals surface area contributed by atoms with Gasteiger partial charge >= 0.3 is 0 Å². The van der Waals surface area contributed by atoms with Crippen molar-refractivity contribution in [1.29, 1.82) is 0 Å². The van der Waals surface area contributed by atoms with Gasteiger partial charge in [0, 0.05) is 37.3 Å². The molecule has 150 valence electrons. The van der Waals surface area contributed by atoms with Crippen LogP contribution in [-0.4, -0.2) is 53.4 Å². The summed E-state index contributed by atoms with van der Waals surface area (Å²) in [6.07, 6.45) is 6.07. The van der Waals surface area contributed by atoms with E-state index in [9.17, 15) is 4.39 Å². The molecule has 2 fully saturated rings. The number of halogens is 1. The second-order valence-corrected chi connectivity index (χ2v) is 7.71. The van der Waals surface area contributed by atoms with Crippen molar-refractivity contribution in [2.45, 2.75) is 31.3 Å². The summed E-state index contributed by atoms with van der Waals surface area (Å²) in [5.41, 5.74) is 2.33. The Kier molecular flexibility index (Phi) is 5.35. The summed E-state index contributed by atoms with van der Waals surface area (Å²) in [5.74, 6) is 0.735. The lowest BCUT2D eigenvalue weighted by molar-refractivity contribution is -0.00805. The Balaban J connectivity index is 1.48. The fraction of sp³-hybridized carbons (Fsp3) is 0.524. The SMILES string of the molecule is CCNC(=NCC1(c2ccc(F)cc2)CC1)N1CCOC(c2cnn(C)c2)C1. The molecule has 28 heavy (non-hydrogen) atoms. The van der Waals surface area contributed by atoms with Crippen molar-refractivity contribution in [3.63, 3.8) is 0 Å². The molecule has 1 saturated carbocycles. The van der Waals surface area contributed by atoms with Gasteiger partial charge in [-0.15, -0.1) is 0 Å². The molecule has 0 amide bonds. The van der Waals surface area contributed by atoms with E-state index in [1.165, 1.54) is 5.56 Å². The Hall–Kier alpha value is -2.41. The number of ether oxygens (including phenoxy) is 1. The van der Waals surface area contributed by atoms with Crippen molar-refractivity contribution in [1.82, 2.24) is 20.0 Å². The zero-order chi connectivity index (χ0) is 19.6. The Bertz CT molecular complexity index is 828. The molecule has 7 heteroatoms. The van der Waals surface area contributed by atoms with Gasteiger partial charge < -0.3 is 15.0 Å². The number of guanidine groups is 1. The number of hydrogen-bond donors (Lipinski definition) is 1. The minimum Gasteiger partial charge on any atom is -0.370 e. The first-order chi connectivity index (χ1) is 13.6. The molecule has 4 rings (SSSR count). The van der Waals surface area contributed by atoms with E-state index in [1.54, 1.807) is 16.8 Å². The van der Waals surface area contributed by atoms with Gasteiger partial charge in [0.05, 0.1) is 25.9 Å². The molecule has 1 atom stereocenters. The van der Waals surface area contributed by atoms with Gasteiger partial charge in [-0.1, -0.05) is 12.1 Å². The van der Waals surface area contributed by atoms with Gasteiger partial charge in [-0.3, -0.25) is 9.67 Å². The number of rotatable bonds is 5. The molecule has 0 radical (unpaired) electrons. The number of aliphatic imine (C=N–C) groups is 1. The van der Waals surface area contributed by atoms with Crippen LogP contribution in [-0.2, 0) is 17.2 Å². The summed E-state index contributed by atoms with van der Waals surface area (Å²) in [7, 11) is 1.92. The number of aryl methyl sites for hydroxylation is 1. The molecule has 1 saturated heterocycles. The van der Waals surface area contributed by atoms with E-state index < -0.39 is 0 Å². The molecule has 6 nitrogen and oxygen atoms in total. The molecular formula is C21H28FN5O. The van der Waals surface area contributed by atoms with E-state index in [4.69, 9.17) is 9.73 Å². The molecule has 1 aliphatic heterocycles. The predicted molar refractivity (Wildman–Crippen MR) is 107 cm³/mol. The molecule has 2 aliphatic rings. The maximum absolute atomic E-state index is 13.3. The summed E-state index contributed by atoms with van der Waals surface area (Å²) in [4.78, 5) is 7.23. The standard InChI is InChI=1S/C21H28FN5O/c1-3-23-20(24-15-21(8-9-21)17-4-6-18(22)7-5-17)27-10-11-28-19(14-27)16-12-25-26(2)13-16/h4-7,12-13,19H,3,8-11,14-15H2,1-2H3,(H,23,24). The second kappa shape index (κ2) is 7.91. The largest absolute Gasteiger partial charge is 0.370 e. The highest BCUT2D eigenvalue weighted by atomic mass is 19.1. The van der Waals surface area contributed by atoms with Crippen LogP contribution >= 0.6 is 0 Å². The van der Waals surface area contributed by atoms with Crippen molar-refractivity contribution >= 4 is 5.96 Å². The molecule has 2 heterocycles. The zero-order valence-corrected chi connectivity index (χ0v) is 16.6. The first-order valence-corrected chi connectivity index (χ1v) is 9.99. The number of aromatic nitrogens is 2. The van der Waals surface area contributed by atoms with Crippen LogP contribution in [0, 0.1) is 5.82 Å². The normalized spacial score (nSPS) is 21.6. The molecule has 1 N–H and O–H groups in total. The number of nitrogens with zero attached hydrogens (tertiary/aromatic N) is 4. The Labute approximate surface area is 165 Å². The highest BCUT2D eigenvalue weighted by molar-refractivity contribution is 5.80. The van der Waals surface area contributed by atoms with Crippen LogP contribution in [0.4, 0.5) is 4.39 Å². The lowest BCUT2D eigenvalue weighted by atomic mass is 9.96. The number of nitrogens with one attached hydrogen (secondary N) is 1. The Morgan fingerprint density at radius 3 is 2.79 bits per heavy atom. The first kappa shape index (κ1) is 18.9. The van der Waals surface area contributed by atoms with E-state index in [0.29, 0.717) is 6.61 Å². The van der Waals surface area contributed by atoms with Crippen molar-refractivity contribution in [2.75, 3.05) is 32.8 Å². The van der Waals surface area contributed by atoms with Gasteiger partial charge in [0.2, 0.25) is 0 Å². The van der Waals surface area contributed by atoms with E-state index in [0.717, 1.165) is 50.5 Å². The summed E-state index contributed by atoms with van der Waals surface area (Å²) in [6, 6.07) is 6.89. The van der Waals surface area contributed by atoms with Crippen LogP contribution < -0.4 is 5.32 Å². The van der Waals surface area contributed by atoms with Gasteiger partial charge in [-0.25, -0.2) is 4.39 Å². The van der Waals surface area contributed by atoms with Gasteiger partial charge in [0.25, 0.3) is 0 Å². The average Bonchev–Trinajstić information content (AvgIpc) is 3.38. The van der Waals surface area contributed by atoms with Gasteiger partial charge in [-0.2, -0.15) is 5.10 Å². The highest BCUT2D eigenvalue weighted by Gasteiger charge is 2.44. The summed E-state index contributed by atoms with van der Waals surface area (Å²) < 4.78 is 21.0. The number of benzene rings is 1. The number of morpholine rings is 1. The van der Waals surface area contributed by atoms with Crippen LogP contribution in [0.2, 0.25) is 0 Å². The van der Waals surface area contributed by atoms with Crippen molar-refractivity contribution in [3.8, 4) is 0 Å².